The van der Waals surface area contributed by atoms with Gasteiger partial charge in [0.1, 0.15) is 5.75 Å². The van der Waals surface area contributed by atoms with Gasteiger partial charge in [0.25, 0.3) is 0 Å². The Labute approximate surface area is 75.9 Å². The van der Waals surface area contributed by atoms with Crippen LogP contribution in [0.4, 0.5) is 0 Å². The summed E-state index contributed by atoms with van der Waals surface area (Å²) in [6, 6.07) is 8.71. The summed E-state index contributed by atoms with van der Waals surface area (Å²) >= 11 is 0. The second-order valence-corrected chi connectivity index (χ2v) is 1.34. The van der Waals surface area contributed by atoms with Crippen molar-refractivity contribution >= 4 is 0 Å². The topological polar surface area (TPSA) is 20.2 Å². The Kier molecular flexibility index (Phi) is 7.89. The molecule has 1 aromatic rings. The van der Waals surface area contributed by atoms with Gasteiger partial charge in [-0.3, -0.25) is 0 Å². The van der Waals surface area contributed by atoms with Crippen LogP contribution in [0.3, 0.4) is 0 Å². The Morgan fingerprint density at radius 1 is 1.00 bits per heavy atom. The summed E-state index contributed by atoms with van der Waals surface area (Å²) < 4.78 is 0. The SMILES string of the molecule is Oc1ccccc1.[CH3-].[Cd]. The van der Waals surface area contributed by atoms with Crippen LogP contribution in [0, 0.1) is 7.43 Å². The van der Waals surface area contributed by atoms with Gasteiger partial charge in [-0.2, -0.15) is 0 Å². The van der Waals surface area contributed by atoms with Crippen molar-refractivity contribution in [3.05, 3.63) is 37.8 Å². The third-order valence-corrected chi connectivity index (χ3v) is 0.756. The number of rotatable bonds is 0. The van der Waals surface area contributed by atoms with Crippen molar-refractivity contribution in [2.45, 2.75) is 0 Å². The molecule has 0 heterocycles. The van der Waals surface area contributed by atoms with Crippen LogP contribution in [0.5, 0.6) is 5.75 Å². The van der Waals surface area contributed by atoms with Gasteiger partial charge in [-0.15, -0.1) is 0 Å². The number of benzene rings is 1. The summed E-state index contributed by atoms with van der Waals surface area (Å²) in [5.74, 6) is 0.322. The van der Waals surface area contributed by atoms with E-state index in [-0.39, 0.29) is 34.7 Å². The second kappa shape index (κ2) is 6.07. The minimum Gasteiger partial charge on any atom is -0.508 e. The van der Waals surface area contributed by atoms with Crippen molar-refractivity contribution in [3.8, 4) is 5.75 Å². The summed E-state index contributed by atoms with van der Waals surface area (Å²) in [5, 5.41) is 8.63. The predicted molar refractivity (Wildman–Crippen MR) is 34.5 cm³/mol. The molecule has 0 atom stereocenters. The Morgan fingerprint density at radius 3 is 1.67 bits per heavy atom. The van der Waals surface area contributed by atoms with Gasteiger partial charge in [0.15, 0.2) is 0 Å². The van der Waals surface area contributed by atoms with E-state index in [4.69, 9.17) is 5.11 Å². The molecule has 0 aliphatic rings. The van der Waals surface area contributed by atoms with Crippen LogP contribution in [0.15, 0.2) is 30.3 Å². The molecular formula is C7H9CdO-. The number of para-hydroxylation sites is 1. The van der Waals surface area contributed by atoms with Gasteiger partial charge in [-0.25, -0.2) is 0 Å². The number of phenols is 1. The zero-order chi connectivity index (χ0) is 5.11. The average molecular weight is 222 g/mol. The molecule has 1 aromatic carbocycles. The maximum absolute atomic E-state index is 8.63. The third-order valence-electron chi connectivity index (χ3n) is 0.756. The van der Waals surface area contributed by atoms with E-state index in [1.807, 2.05) is 6.07 Å². The van der Waals surface area contributed by atoms with Crippen LogP contribution in [0.25, 0.3) is 0 Å². The molecule has 0 aliphatic carbocycles. The standard InChI is InChI=1S/C6H6O.CH3.Cd/c7-6-4-2-1-3-5-6;;/h1-5,7H;1H3;/q;-1;. The van der Waals surface area contributed by atoms with E-state index in [1.165, 1.54) is 0 Å². The van der Waals surface area contributed by atoms with Crippen LogP contribution in [0.2, 0.25) is 0 Å². The summed E-state index contributed by atoms with van der Waals surface area (Å²) in [7, 11) is 0. The van der Waals surface area contributed by atoms with Gasteiger partial charge in [0.05, 0.1) is 0 Å². The molecule has 0 amide bonds. The smallest absolute Gasteiger partial charge is 0.115 e. The number of aromatic hydroxyl groups is 1. The Morgan fingerprint density at radius 2 is 1.44 bits per heavy atom. The van der Waals surface area contributed by atoms with E-state index in [2.05, 4.69) is 0 Å². The first-order valence-corrected chi connectivity index (χ1v) is 2.13. The monoisotopic (exact) mass is 223 g/mol. The van der Waals surface area contributed by atoms with Crippen LogP contribution < -0.4 is 0 Å². The second-order valence-electron chi connectivity index (χ2n) is 1.34. The summed E-state index contributed by atoms with van der Waals surface area (Å²) in [6.45, 7) is 0. The average Bonchev–Trinajstić information content (AvgIpc) is 1.69. The van der Waals surface area contributed by atoms with Gasteiger partial charge >= 0.3 is 0 Å². The molecule has 0 saturated heterocycles. The summed E-state index contributed by atoms with van der Waals surface area (Å²) in [6.07, 6.45) is 0. The summed E-state index contributed by atoms with van der Waals surface area (Å²) in [5.41, 5.74) is 0. The van der Waals surface area contributed by atoms with E-state index in [0.29, 0.717) is 5.75 Å². The normalized spacial score (nSPS) is 6.67. The number of hydrogen-bond acceptors (Lipinski definition) is 1. The van der Waals surface area contributed by atoms with Gasteiger partial charge in [0, 0.05) is 27.3 Å². The zero-order valence-corrected chi connectivity index (χ0v) is 9.58. The van der Waals surface area contributed by atoms with Crippen LogP contribution in [-0.2, 0) is 27.3 Å². The van der Waals surface area contributed by atoms with Crippen molar-refractivity contribution < 1.29 is 32.4 Å². The van der Waals surface area contributed by atoms with Crippen molar-refractivity contribution in [1.82, 2.24) is 0 Å². The molecule has 1 rings (SSSR count). The molecule has 0 spiro atoms. The molecule has 46 valence electrons. The first kappa shape index (κ1) is 11.7. The van der Waals surface area contributed by atoms with E-state index in [1.54, 1.807) is 24.3 Å². The third kappa shape index (κ3) is 4.45. The molecule has 1 nitrogen and oxygen atoms in total. The maximum Gasteiger partial charge on any atom is 0.115 e. The quantitative estimate of drug-likeness (QED) is 0.524. The van der Waals surface area contributed by atoms with Crippen molar-refractivity contribution in [2.24, 2.45) is 0 Å². The molecule has 2 heteroatoms. The van der Waals surface area contributed by atoms with E-state index < -0.39 is 0 Å². The fourth-order valence-electron chi connectivity index (χ4n) is 0.428. The Balaban J connectivity index is 0. The minimum absolute atomic E-state index is 0. The molecule has 0 unspecified atom stereocenters. The molecule has 0 saturated carbocycles. The van der Waals surface area contributed by atoms with Gasteiger partial charge in [0.2, 0.25) is 0 Å². The molecular weight excluding hydrogens is 212 g/mol. The molecule has 9 heavy (non-hydrogen) atoms. The van der Waals surface area contributed by atoms with Crippen LogP contribution in [0.1, 0.15) is 0 Å². The minimum atomic E-state index is 0. The van der Waals surface area contributed by atoms with E-state index in [0.717, 1.165) is 0 Å². The van der Waals surface area contributed by atoms with Crippen molar-refractivity contribution in [2.75, 3.05) is 0 Å². The van der Waals surface area contributed by atoms with Gasteiger partial charge in [-0.05, 0) is 12.1 Å². The summed E-state index contributed by atoms with van der Waals surface area (Å²) in [4.78, 5) is 0. The van der Waals surface area contributed by atoms with Crippen molar-refractivity contribution in [3.63, 3.8) is 0 Å². The van der Waals surface area contributed by atoms with E-state index >= 15 is 0 Å². The van der Waals surface area contributed by atoms with Crippen molar-refractivity contribution in [1.29, 1.82) is 0 Å². The fraction of sp³-hybridized carbons (Fsp3) is 0. The van der Waals surface area contributed by atoms with Gasteiger partial charge < -0.3 is 12.5 Å². The zero-order valence-electron chi connectivity index (χ0n) is 5.54. The molecule has 0 aliphatic heterocycles. The predicted octanol–water partition coefficient (Wildman–Crippen LogP) is 1.84. The Bertz CT molecular complexity index is 139. The maximum atomic E-state index is 8.63. The first-order chi connectivity index (χ1) is 3.39. The first-order valence-electron chi connectivity index (χ1n) is 2.13. The molecule has 0 radical (unpaired) electrons. The molecule has 0 aromatic heterocycles. The molecule has 1 N–H and O–H groups in total. The van der Waals surface area contributed by atoms with Crippen LogP contribution >= 0.6 is 0 Å². The van der Waals surface area contributed by atoms with E-state index in [9.17, 15) is 0 Å². The largest absolute Gasteiger partial charge is 0.508 e. The number of phenolic OH excluding ortho intramolecular Hbond substituents is 1. The molecule has 0 fully saturated rings. The Hall–Kier alpha value is -0.0579. The number of hydrogen-bond donors (Lipinski definition) is 1. The van der Waals surface area contributed by atoms with Crippen LogP contribution in [-0.4, -0.2) is 5.11 Å². The fourth-order valence-corrected chi connectivity index (χ4v) is 0.428. The molecule has 0 bridgehead atoms. The van der Waals surface area contributed by atoms with Gasteiger partial charge in [-0.1, -0.05) is 18.2 Å².